The number of nitrogens with zero attached hydrogens (tertiary/aromatic N) is 2. The molecule has 2 N–H and O–H groups in total. The summed E-state index contributed by atoms with van der Waals surface area (Å²) >= 11 is 0. The van der Waals surface area contributed by atoms with Crippen LogP contribution in [0.15, 0.2) is 22.7 Å². The molecule has 1 heterocycles. The Kier molecular flexibility index (Phi) is 4.11. The highest BCUT2D eigenvalue weighted by molar-refractivity contribution is 5.36. The van der Waals surface area contributed by atoms with Crippen LogP contribution in [-0.2, 0) is 13.0 Å². The molecular formula is C13H16FN3O2. The first-order valence-electron chi connectivity index (χ1n) is 6.09. The van der Waals surface area contributed by atoms with Gasteiger partial charge in [0.25, 0.3) is 5.89 Å². The van der Waals surface area contributed by atoms with Crippen LogP contribution in [0.4, 0.5) is 4.39 Å². The zero-order chi connectivity index (χ0) is 13.8. The normalized spacial score (nSPS) is 12.4. The van der Waals surface area contributed by atoms with Crippen molar-refractivity contribution in [2.75, 3.05) is 0 Å². The predicted molar refractivity (Wildman–Crippen MR) is 67.0 cm³/mol. The minimum Gasteiger partial charge on any atom is -0.483 e. The summed E-state index contributed by atoms with van der Waals surface area (Å²) in [6, 6.07) is 3.92. The van der Waals surface area contributed by atoms with Crippen molar-refractivity contribution in [3.8, 4) is 5.75 Å². The number of aryl methyl sites for hydroxylation is 1. The van der Waals surface area contributed by atoms with E-state index >= 15 is 0 Å². The van der Waals surface area contributed by atoms with Gasteiger partial charge in [-0.15, -0.1) is 0 Å². The molecule has 1 atom stereocenters. The van der Waals surface area contributed by atoms with Crippen molar-refractivity contribution in [2.45, 2.75) is 32.9 Å². The van der Waals surface area contributed by atoms with Crippen LogP contribution >= 0.6 is 0 Å². The average molecular weight is 265 g/mol. The van der Waals surface area contributed by atoms with Gasteiger partial charge in [0.05, 0.1) is 0 Å². The van der Waals surface area contributed by atoms with Crippen LogP contribution in [0.3, 0.4) is 0 Å². The minimum atomic E-state index is -0.342. The van der Waals surface area contributed by atoms with E-state index in [9.17, 15) is 4.39 Å². The van der Waals surface area contributed by atoms with Crippen molar-refractivity contribution in [1.29, 1.82) is 0 Å². The Bertz CT molecular complexity index is 555. The summed E-state index contributed by atoms with van der Waals surface area (Å²) in [7, 11) is 0. The molecule has 0 bridgehead atoms. The van der Waals surface area contributed by atoms with E-state index in [0.29, 0.717) is 29.4 Å². The zero-order valence-corrected chi connectivity index (χ0v) is 10.9. The Labute approximate surface area is 110 Å². The minimum absolute atomic E-state index is 0.137. The van der Waals surface area contributed by atoms with Gasteiger partial charge in [-0.3, -0.25) is 0 Å². The molecule has 102 valence electrons. The summed E-state index contributed by atoms with van der Waals surface area (Å²) in [5.74, 6) is 1.19. The summed E-state index contributed by atoms with van der Waals surface area (Å²) in [5.41, 5.74) is 6.39. The van der Waals surface area contributed by atoms with Crippen LogP contribution < -0.4 is 10.5 Å². The van der Waals surface area contributed by atoms with Crippen LogP contribution in [0, 0.1) is 5.82 Å². The fraction of sp³-hybridized carbons (Fsp3) is 0.385. The molecule has 0 saturated carbocycles. The number of aromatic nitrogens is 2. The van der Waals surface area contributed by atoms with Crippen LogP contribution in [0.25, 0.3) is 0 Å². The van der Waals surface area contributed by atoms with E-state index in [0.717, 1.165) is 0 Å². The Balaban J connectivity index is 2.10. The van der Waals surface area contributed by atoms with Gasteiger partial charge < -0.3 is 15.0 Å². The van der Waals surface area contributed by atoms with Gasteiger partial charge in [-0.05, 0) is 25.1 Å². The lowest BCUT2D eigenvalue weighted by atomic mass is 10.1. The van der Waals surface area contributed by atoms with E-state index in [1.165, 1.54) is 12.1 Å². The standard InChI is InChI=1S/C13H16FN3O2/c1-3-12-16-13(19-17-12)7-18-11-5-4-9(14)6-10(11)8(2)15/h4-6,8H,3,7,15H2,1-2H3/t8-/m1/s1. The zero-order valence-electron chi connectivity index (χ0n) is 10.9. The first-order chi connectivity index (χ1) is 9.10. The van der Waals surface area contributed by atoms with E-state index in [-0.39, 0.29) is 18.5 Å². The van der Waals surface area contributed by atoms with Gasteiger partial charge in [0.2, 0.25) is 0 Å². The number of benzene rings is 1. The van der Waals surface area contributed by atoms with Crippen LogP contribution in [0.1, 0.15) is 37.2 Å². The third-order valence-corrected chi connectivity index (χ3v) is 2.64. The molecular weight excluding hydrogens is 249 g/mol. The monoisotopic (exact) mass is 265 g/mol. The van der Waals surface area contributed by atoms with Crippen LogP contribution in [0.5, 0.6) is 5.75 Å². The SMILES string of the molecule is CCc1noc(COc2ccc(F)cc2[C@@H](C)N)n1. The third kappa shape index (κ3) is 3.29. The van der Waals surface area contributed by atoms with Crippen molar-refractivity contribution in [3.05, 3.63) is 41.3 Å². The molecule has 2 rings (SSSR count). The van der Waals surface area contributed by atoms with Gasteiger partial charge in [0.1, 0.15) is 11.6 Å². The Morgan fingerprint density at radius 1 is 1.47 bits per heavy atom. The molecule has 0 amide bonds. The molecule has 2 aromatic rings. The topological polar surface area (TPSA) is 74.2 Å². The molecule has 1 aromatic heterocycles. The van der Waals surface area contributed by atoms with E-state index in [2.05, 4.69) is 10.1 Å². The number of hydrogen-bond donors (Lipinski definition) is 1. The molecule has 0 spiro atoms. The molecule has 5 nitrogen and oxygen atoms in total. The Morgan fingerprint density at radius 3 is 2.89 bits per heavy atom. The van der Waals surface area contributed by atoms with Crippen molar-refractivity contribution < 1.29 is 13.7 Å². The largest absolute Gasteiger partial charge is 0.483 e. The highest BCUT2D eigenvalue weighted by atomic mass is 19.1. The van der Waals surface area contributed by atoms with Crippen LogP contribution in [0.2, 0.25) is 0 Å². The van der Waals surface area contributed by atoms with Crippen molar-refractivity contribution >= 4 is 0 Å². The second-order valence-corrected chi connectivity index (χ2v) is 4.22. The van der Waals surface area contributed by atoms with E-state index in [1.54, 1.807) is 13.0 Å². The quantitative estimate of drug-likeness (QED) is 0.898. The molecule has 0 unspecified atom stereocenters. The van der Waals surface area contributed by atoms with Gasteiger partial charge in [0, 0.05) is 18.0 Å². The second kappa shape index (κ2) is 5.79. The van der Waals surface area contributed by atoms with Crippen LogP contribution in [-0.4, -0.2) is 10.1 Å². The highest BCUT2D eigenvalue weighted by Crippen LogP contribution is 2.25. The van der Waals surface area contributed by atoms with Gasteiger partial charge in [-0.25, -0.2) is 4.39 Å². The van der Waals surface area contributed by atoms with Crippen molar-refractivity contribution in [3.63, 3.8) is 0 Å². The lowest BCUT2D eigenvalue weighted by Gasteiger charge is -2.12. The fourth-order valence-electron chi connectivity index (χ4n) is 1.64. The molecule has 0 aliphatic carbocycles. The summed E-state index contributed by atoms with van der Waals surface area (Å²) in [6.07, 6.45) is 0.700. The van der Waals surface area contributed by atoms with Gasteiger partial charge in [0.15, 0.2) is 12.4 Å². The maximum Gasteiger partial charge on any atom is 0.264 e. The first kappa shape index (κ1) is 13.5. The molecule has 0 aliphatic rings. The van der Waals surface area contributed by atoms with E-state index < -0.39 is 0 Å². The van der Waals surface area contributed by atoms with Gasteiger partial charge in [-0.1, -0.05) is 12.1 Å². The second-order valence-electron chi connectivity index (χ2n) is 4.22. The summed E-state index contributed by atoms with van der Waals surface area (Å²) < 4.78 is 23.7. The molecule has 0 saturated heterocycles. The molecule has 0 fully saturated rings. The lowest BCUT2D eigenvalue weighted by Crippen LogP contribution is -2.08. The first-order valence-corrected chi connectivity index (χ1v) is 6.09. The van der Waals surface area contributed by atoms with E-state index in [1.807, 2.05) is 6.92 Å². The lowest BCUT2D eigenvalue weighted by molar-refractivity contribution is 0.239. The molecule has 6 heteroatoms. The molecule has 19 heavy (non-hydrogen) atoms. The molecule has 1 aromatic carbocycles. The van der Waals surface area contributed by atoms with Crippen molar-refractivity contribution in [2.24, 2.45) is 5.73 Å². The average Bonchev–Trinajstić information content (AvgIpc) is 2.85. The predicted octanol–water partition coefficient (Wildman–Crippen LogP) is 2.37. The number of nitrogens with two attached hydrogens (primary N) is 1. The third-order valence-electron chi connectivity index (χ3n) is 2.64. The summed E-state index contributed by atoms with van der Waals surface area (Å²) in [5, 5.41) is 3.77. The van der Waals surface area contributed by atoms with Gasteiger partial charge in [-0.2, -0.15) is 4.98 Å². The Hall–Kier alpha value is -1.95. The van der Waals surface area contributed by atoms with E-state index in [4.69, 9.17) is 15.0 Å². The Morgan fingerprint density at radius 2 is 2.26 bits per heavy atom. The highest BCUT2D eigenvalue weighted by Gasteiger charge is 2.11. The smallest absolute Gasteiger partial charge is 0.264 e. The molecule has 0 aliphatic heterocycles. The van der Waals surface area contributed by atoms with Crippen molar-refractivity contribution in [1.82, 2.24) is 10.1 Å². The maximum absolute atomic E-state index is 13.2. The molecule has 0 radical (unpaired) electrons. The number of rotatable bonds is 5. The number of ether oxygens (including phenoxy) is 1. The fourth-order valence-corrected chi connectivity index (χ4v) is 1.64. The van der Waals surface area contributed by atoms with Gasteiger partial charge >= 0.3 is 0 Å². The maximum atomic E-state index is 13.2. The number of hydrogen-bond acceptors (Lipinski definition) is 5. The number of halogens is 1. The summed E-state index contributed by atoms with van der Waals surface area (Å²) in [4.78, 5) is 4.13. The summed E-state index contributed by atoms with van der Waals surface area (Å²) in [6.45, 7) is 3.84.